The Morgan fingerprint density at radius 3 is 2.52 bits per heavy atom. The van der Waals surface area contributed by atoms with Crippen molar-refractivity contribution in [1.29, 1.82) is 0 Å². The van der Waals surface area contributed by atoms with E-state index < -0.39 is 9.84 Å². The van der Waals surface area contributed by atoms with Gasteiger partial charge in [0.25, 0.3) is 0 Å². The molecule has 2 aliphatic rings. The van der Waals surface area contributed by atoms with E-state index in [0.717, 1.165) is 25.5 Å². The lowest BCUT2D eigenvalue weighted by Gasteiger charge is -2.22. The first-order valence-electron chi connectivity index (χ1n) is 8.22. The highest BCUT2D eigenvalue weighted by atomic mass is 127. The highest BCUT2D eigenvalue weighted by molar-refractivity contribution is 14.0. The van der Waals surface area contributed by atoms with Crippen molar-refractivity contribution >= 4 is 39.8 Å². The van der Waals surface area contributed by atoms with E-state index in [1.54, 1.807) is 7.05 Å². The molecule has 2 rings (SSSR count). The molecule has 2 fully saturated rings. The molecule has 0 radical (unpaired) electrons. The summed E-state index contributed by atoms with van der Waals surface area (Å²) < 4.78 is 23.0. The third-order valence-electron chi connectivity index (χ3n) is 4.80. The molecule has 3 unspecified atom stereocenters. The van der Waals surface area contributed by atoms with Gasteiger partial charge in [0.15, 0.2) is 15.8 Å². The van der Waals surface area contributed by atoms with Gasteiger partial charge in [-0.1, -0.05) is 6.92 Å². The Kier molecular flexibility index (Phi) is 8.06. The van der Waals surface area contributed by atoms with Crippen molar-refractivity contribution in [1.82, 2.24) is 15.5 Å². The van der Waals surface area contributed by atoms with Gasteiger partial charge in [-0.3, -0.25) is 9.89 Å². The Hall–Kier alpha value is -0.0900. The van der Waals surface area contributed by atoms with Gasteiger partial charge in [0.2, 0.25) is 0 Å². The van der Waals surface area contributed by atoms with E-state index in [-0.39, 0.29) is 29.9 Å². The lowest BCUT2D eigenvalue weighted by Crippen LogP contribution is -2.47. The van der Waals surface area contributed by atoms with Gasteiger partial charge in [-0.15, -0.1) is 24.0 Å². The molecule has 0 aromatic heterocycles. The van der Waals surface area contributed by atoms with Crippen LogP contribution >= 0.6 is 24.0 Å². The fourth-order valence-electron chi connectivity index (χ4n) is 3.26. The molecule has 136 valence electrons. The molecule has 0 aromatic rings. The van der Waals surface area contributed by atoms with Crippen LogP contribution in [0.5, 0.6) is 0 Å². The lowest BCUT2D eigenvalue weighted by molar-refractivity contribution is 0.265. The predicted molar refractivity (Wildman–Crippen MR) is 106 cm³/mol. The number of hydrogen-bond donors (Lipinski definition) is 2. The molecule has 23 heavy (non-hydrogen) atoms. The molecular formula is C15H31IN4O2S. The minimum absolute atomic E-state index is 0. The van der Waals surface area contributed by atoms with Gasteiger partial charge in [0, 0.05) is 38.8 Å². The average Bonchev–Trinajstić information content (AvgIpc) is 2.97. The molecule has 2 aliphatic heterocycles. The molecule has 8 heteroatoms. The number of sulfone groups is 1. The first-order chi connectivity index (χ1) is 10.3. The van der Waals surface area contributed by atoms with Crippen LogP contribution in [0.4, 0.5) is 0 Å². The normalized spacial score (nSPS) is 31.2. The zero-order valence-corrected chi connectivity index (χ0v) is 17.7. The van der Waals surface area contributed by atoms with Crippen molar-refractivity contribution in [2.75, 3.05) is 38.2 Å². The minimum Gasteiger partial charge on any atom is -0.356 e. The summed E-state index contributed by atoms with van der Waals surface area (Å²) in [6.07, 6.45) is 0.757. The van der Waals surface area contributed by atoms with E-state index >= 15 is 0 Å². The zero-order valence-electron chi connectivity index (χ0n) is 14.6. The number of aliphatic imine (C=N–C) groups is 1. The van der Waals surface area contributed by atoms with E-state index in [2.05, 4.69) is 41.3 Å². The summed E-state index contributed by atoms with van der Waals surface area (Å²) in [5, 5.41) is 6.79. The highest BCUT2D eigenvalue weighted by Crippen LogP contribution is 2.19. The average molecular weight is 458 g/mol. The van der Waals surface area contributed by atoms with Gasteiger partial charge in [-0.05, 0) is 32.1 Å². The summed E-state index contributed by atoms with van der Waals surface area (Å²) in [6, 6.07) is 0.953. The van der Waals surface area contributed by atoms with Crippen LogP contribution in [-0.4, -0.2) is 69.5 Å². The number of guanidine groups is 1. The molecule has 0 amide bonds. The third kappa shape index (κ3) is 6.04. The minimum atomic E-state index is -2.81. The summed E-state index contributed by atoms with van der Waals surface area (Å²) in [5.74, 6) is 2.20. The Bertz CT molecular complexity index is 510. The van der Waals surface area contributed by atoms with Gasteiger partial charge >= 0.3 is 0 Å². The summed E-state index contributed by atoms with van der Waals surface area (Å²) in [4.78, 5) is 6.75. The summed E-state index contributed by atoms with van der Waals surface area (Å²) in [7, 11) is -1.04. The number of rotatable bonds is 4. The largest absolute Gasteiger partial charge is 0.356 e. The van der Waals surface area contributed by atoms with Crippen LogP contribution in [-0.2, 0) is 9.84 Å². The Labute approximate surface area is 157 Å². The molecule has 2 N–H and O–H groups in total. The van der Waals surface area contributed by atoms with E-state index in [4.69, 9.17) is 0 Å². The standard InChI is InChI=1S/C15H30N4O2S.HI/c1-11(2)19-8-12(3)14(9-19)18-15(16-4)17-7-13-5-6-22(20,21)10-13;/h11-14H,5-10H2,1-4H3,(H2,16,17,18);1H. The molecular weight excluding hydrogens is 427 g/mol. The number of nitrogens with zero attached hydrogens (tertiary/aromatic N) is 2. The molecule has 2 heterocycles. The van der Waals surface area contributed by atoms with Crippen LogP contribution in [0.15, 0.2) is 4.99 Å². The van der Waals surface area contributed by atoms with Crippen molar-refractivity contribution in [3.05, 3.63) is 0 Å². The highest BCUT2D eigenvalue weighted by Gasteiger charge is 2.32. The second kappa shape index (κ2) is 8.84. The maximum absolute atomic E-state index is 11.5. The van der Waals surface area contributed by atoms with E-state index in [1.165, 1.54) is 0 Å². The zero-order chi connectivity index (χ0) is 16.3. The van der Waals surface area contributed by atoms with Gasteiger partial charge in [-0.25, -0.2) is 8.42 Å². The number of hydrogen-bond acceptors (Lipinski definition) is 4. The Balaban J connectivity index is 0.00000264. The van der Waals surface area contributed by atoms with E-state index in [9.17, 15) is 8.42 Å². The predicted octanol–water partition coefficient (Wildman–Crippen LogP) is 0.933. The first kappa shape index (κ1) is 21.0. The molecule has 2 saturated heterocycles. The lowest BCUT2D eigenvalue weighted by atomic mass is 10.1. The van der Waals surface area contributed by atoms with Crippen molar-refractivity contribution < 1.29 is 8.42 Å². The van der Waals surface area contributed by atoms with Crippen LogP contribution < -0.4 is 10.6 Å². The maximum atomic E-state index is 11.5. The van der Waals surface area contributed by atoms with Gasteiger partial charge < -0.3 is 10.6 Å². The summed E-state index contributed by atoms with van der Waals surface area (Å²) in [5.41, 5.74) is 0. The van der Waals surface area contributed by atoms with Crippen molar-refractivity contribution in [2.24, 2.45) is 16.8 Å². The van der Waals surface area contributed by atoms with Gasteiger partial charge in [0.05, 0.1) is 11.5 Å². The molecule has 0 aliphatic carbocycles. The van der Waals surface area contributed by atoms with Crippen molar-refractivity contribution in [3.8, 4) is 0 Å². The Morgan fingerprint density at radius 1 is 1.35 bits per heavy atom. The molecule has 3 atom stereocenters. The molecule has 6 nitrogen and oxygen atoms in total. The molecule has 0 aromatic carbocycles. The number of halogens is 1. The van der Waals surface area contributed by atoms with Crippen LogP contribution in [0.3, 0.4) is 0 Å². The van der Waals surface area contributed by atoms with Crippen LogP contribution in [0.2, 0.25) is 0 Å². The SMILES string of the molecule is CN=C(NCC1CCS(=O)(=O)C1)NC1CN(C(C)C)CC1C.I. The van der Waals surface area contributed by atoms with Crippen LogP contribution in [0.25, 0.3) is 0 Å². The van der Waals surface area contributed by atoms with Crippen molar-refractivity contribution in [2.45, 2.75) is 39.3 Å². The Morgan fingerprint density at radius 2 is 2.04 bits per heavy atom. The van der Waals surface area contributed by atoms with Gasteiger partial charge in [-0.2, -0.15) is 0 Å². The van der Waals surface area contributed by atoms with E-state index in [0.29, 0.717) is 36.1 Å². The molecule has 0 bridgehead atoms. The number of likely N-dealkylation sites (tertiary alicyclic amines) is 1. The first-order valence-corrected chi connectivity index (χ1v) is 10.0. The van der Waals surface area contributed by atoms with Crippen LogP contribution in [0.1, 0.15) is 27.2 Å². The summed E-state index contributed by atoms with van der Waals surface area (Å²) >= 11 is 0. The quantitative estimate of drug-likeness (QED) is 0.373. The molecule has 0 saturated carbocycles. The van der Waals surface area contributed by atoms with E-state index in [1.807, 2.05) is 0 Å². The van der Waals surface area contributed by atoms with Crippen LogP contribution in [0, 0.1) is 11.8 Å². The third-order valence-corrected chi connectivity index (χ3v) is 6.64. The maximum Gasteiger partial charge on any atom is 0.191 e. The number of nitrogens with one attached hydrogen (secondary N) is 2. The van der Waals surface area contributed by atoms with Crippen molar-refractivity contribution in [3.63, 3.8) is 0 Å². The fraction of sp³-hybridized carbons (Fsp3) is 0.933. The summed E-state index contributed by atoms with van der Waals surface area (Å²) in [6.45, 7) is 9.51. The monoisotopic (exact) mass is 458 g/mol. The smallest absolute Gasteiger partial charge is 0.191 e. The fourth-order valence-corrected chi connectivity index (χ4v) is 5.12. The second-order valence-corrected chi connectivity index (χ2v) is 9.23. The molecule has 0 spiro atoms. The second-order valence-electron chi connectivity index (χ2n) is 7.00. The topological polar surface area (TPSA) is 73.8 Å². The van der Waals surface area contributed by atoms with Gasteiger partial charge in [0.1, 0.15) is 0 Å².